The molecule has 0 amide bonds. The Labute approximate surface area is 145 Å². The van der Waals surface area contributed by atoms with Crippen molar-refractivity contribution in [3.05, 3.63) is 23.8 Å². The number of rotatable bonds is 12. The average Bonchev–Trinajstić information content (AvgIpc) is 2.81. The van der Waals surface area contributed by atoms with Crippen molar-refractivity contribution >= 4 is 5.97 Å². The summed E-state index contributed by atoms with van der Waals surface area (Å²) in [5.41, 5.74) is 0.418. The minimum atomic E-state index is -0.773. The third-order valence-electron chi connectivity index (χ3n) is 4.28. The van der Waals surface area contributed by atoms with Crippen LogP contribution in [0.15, 0.2) is 23.8 Å². The second-order valence-corrected chi connectivity index (χ2v) is 6.45. The number of carbonyl (C=O) groups excluding carboxylic acids is 1. The number of ether oxygens (including phenoxy) is 1. The molecule has 24 heavy (non-hydrogen) atoms. The van der Waals surface area contributed by atoms with Gasteiger partial charge >= 0.3 is 5.97 Å². The lowest BCUT2D eigenvalue weighted by Crippen LogP contribution is -2.17. The summed E-state index contributed by atoms with van der Waals surface area (Å²) in [6, 6.07) is 0. The molecule has 0 bridgehead atoms. The van der Waals surface area contributed by atoms with Crippen LogP contribution in [0.5, 0.6) is 0 Å². The molecule has 1 fully saturated rings. The van der Waals surface area contributed by atoms with E-state index in [0.717, 1.165) is 32.1 Å². The molecule has 3 atom stereocenters. The van der Waals surface area contributed by atoms with Gasteiger partial charge in [-0.3, -0.25) is 0 Å². The van der Waals surface area contributed by atoms with Crippen LogP contribution in [0.2, 0.25) is 0 Å². The summed E-state index contributed by atoms with van der Waals surface area (Å²) in [6.07, 6.45) is 13.3. The molecule has 1 rings (SSSR count). The van der Waals surface area contributed by atoms with Crippen molar-refractivity contribution < 1.29 is 24.9 Å². The van der Waals surface area contributed by atoms with Gasteiger partial charge in [0, 0.05) is 0 Å². The Balaban J connectivity index is 1.94. The molecule has 0 aromatic rings. The number of hydrogen-bond acceptors (Lipinski definition) is 5. The monoisotopic (exact) mass is 340 g/mol. The van der Waals surface area contributed by atoms with Crippen LogP contribution in [-0.4, -0.2) is 46.2 Å². The highest BCUT2D eigenvalue weighted by atomic mass is 16.6. The first-order valence-corrected chi connectivity index (χ1v) is 9.11. The summed E-state index contributed by atoms with van der Waals surface area (Å²) in [4.78, 5) is 11.5. The Morgan fingerprint density at radius 1 is 1.08 bits per heavy atom. The van der Waals surface area contributed by atoms with Gasteiger partial charge < -0.3 is 20.1 Å². The van der Waals surface area contributed by atoms with Gasteiger partial charge in [0.15, 0.2) is 0 Å². The standard InChI is InChI=1S/C19H32O5/c1-15-18(22)17(19(23)24-15)13-11-9-7-5-3-2-4-6-8-10-12-16(21)14-20/h10,12-13,15-16,18,20-22H,2-9,11,14H2,1H3/b12-10+,17-13+/t15-,16?,18-/m1/s1. The van der Waals surface area contributed by atoms with Crippen molar-refractivity contribution in [3.8, 4) is 0 Å². The zero-order valence-corrected chi connectivity index (χ0v) is 14.7. The molecule has 1 heterocycles. The summed E-state index contributed by atoms with van der Waals surface area (Å²) in [7, 11) is 0. The Morgan fingerprint density at radius 3 is 2.21 bits per heavy atom. The topological polar surface area (TPSA) is 87.0 Å². The predicted molar refractivity (Wildman–Crippen MR) is 93.4 cm³/mol. The van der Waals surface area contributed by atoms with Crippen LogP contribution in [0.3, 0.4) is 0 Å². The van der Waals surface area contributed by atoms with Gasteiger partial charge in [-0.1, -0.05) is 50.3 Å². The molecule has 0 spiro atoms. The lowest BCUT2D eigenvalue weighted by molar-refractivity contribution is -0.138. The largest absolute Gasteiger partial charge is 0.456 e. The summed E-state index contributed by atoms with van der Waals surface area (Å²) < 4.78 is 4.97. The molecule has 0 aromatic heterocycles. The van der Waals surface area contributed by atoms with Gasteiger partial charge in [-0.25, -0.2) is 4.79 Å². The van der Waals surface area contributed by atoms with Gasteiger partial charge in [0.25, 0.3) is 0 Å². The number of esters is 1. The van der Waals surface area contributed by atoms with Gasteiger partial charge in [-0.2, -0.15) is 0 Å². The van der Waals surface area contributed by atoms with Crippen molar-refractivity contribution in [3.63, 3.8) is 0 Å². The second kappa shape index (κ2) is 12.2. The summed E-state index contributed by atoms with van der Waals surface area (Å²) in [5.74, 6) is -0.379. The first kappa shape index (κ1) is 20.9. The average molecular weight is 340 g/mol. The number of aliphatic hydroxyl groups is 3. The molecule has 1 aliphatic rings. The van der Waals surface area contributed by atoms with Crippen molar-refractivity contribution in [1.82, 2.24) is 0 Å². The number of cyclic esters (lactones) is 1. The van der Waals surface area contributed by atoms with E-state index in [1.165, 1.54) is 25.7 Å². The van der Waals surface area contributed by atoms with Crippen LogP contribution in [0.25, 0.3) is 0 Å². The Hall–Kier alpha value is -1.17. The highest BCUT2D eigenvalue weighted by Crippen LogP contribution is 2.22. The molecule has 3 N–H and O–H groups in total. The molecule has 5 nitrogen and oxygen atoms in total. The fraction of sp³-hybridized carbons (Fsp3) is 0.737. The number of unbranched alkanes of at least 4 members (excludes halogenated alkanes) is 8. The highest BCUT2D eigenvalue weighted by Gasteiger charge is 2.34. The first-order valence-electron chi connectivity index (χ1n) is 9.11. The number of hydrogen-bond donors (Lipinski definition) is 3. The Kier molecular flexibility index (Phi) is 10.6. The molecule has 0 aromatic carbocycles. The SMILES string of the molecule is C[C@H]1OC(=O)/C(=C/CCCCCCCCC/C=C/C(O)CO)[C@@H]1O. The van der Waals surface area contributed by atoms with E-state index < -0.39 is 18.3 Å². The van der Waals surface area contributed by atoms with Crippen LogP contribution in [-0.2, 0) is 9.53 Å². The minimum Gasteiger partial charge on any atom is -0.456 e. The zero-order valence-electron chi connectivity index (χ0n) is 14.7. The van der Waals surface area contributed by atoms with Crippen LogP contribution < -0.4 is 0 Å². The van der Waals surface area contributed by atoms with E-state index in [4.69, 9.17) is 14.9 Å². The van der Waals surface area contributed by atoms with E-state index in [1.54, 1.807) is 13.0 Å². The Morgan fingerprint density at radius 2 is 1.67 bits per heavy atom. The van der Waals surface area contributed by atoms with Gasteiger partial charge in [-0.15, -0.1) is 0 Å². The third-order valence-corrected chi connectivity index (χ3v) is 4.28. The molecule has 138 valence electrons. The van der Waals surface area contributed by atoms with Crippen molar-refractivity contribution in [2.24, 2.45) is 0 Å². The lowest BCUT2D eigenvalue weighted by Gasteiger charge is -2.04. The third kappa shape index (κ3) is 8.08. The van der Waals surface area contributed by atoms with E-state index in [2.05, 4.69) is 0 Å². The first-order chi connectivity index (χ1) is 11.6. The van der Waals surface area contributed by atoms with E-state index in [0.29, 0.717) is 5.57 Å². The predicted octanol–water partition coefficient (Wildman–Crippen LogP) is 2.64. The molecule has 1 aliphatic heterocycles. The lowest BCUT2D eigenvalue weighted by atomic mass is 10.0. The normalized spacial score (nSPS) is 24.0. The van der Waals surface area contributed by atoms with Crippen LogP contribution in [0, 0.1) is 0 Å². The highest BCUT2D eigenvalue weighted by molar-refractivity contribution is 5.92. The maximum atomic E-state index is 11.5. The van der Waals surface area contributed by atoms with E-state index in [9.17, 15) is 9.90 Å². The van der Waals surface area contributed by atoms with E-state index in [1.807, 2.05) is 12.2 Å². The van der Waals surface area contributed by atoms with Crippen molar-refractivity contribution in [2.75, 3.05) is 6.61 Å². The molecular weight excluding hydrogens is 308 g/mol. The summed E-state index contributed by atoms with van der Waals surface area (Å²) in [6.45, 7) is 1.49. The summed E-state index contributed by atoms with van der Waals surface area (Å²) >= 11 is 0. The number of allylic oxidation sites excluding steroid dienone is 2. The molecule has 0 saturated carbocycles. The molecule has 0 radical (unpaired) electrons. The molecule has 0 aliphatic carbocycles. The van der Waals surface area contributed by atoms with Crippen molar-refractivity contribution in [2.45, 2.75) is 83.0 Å². The van der Waals surface area contributed by atoms with Crippen molar-refractivity contribution in [1.29, 1.82) is 0 Å². The quantitative estimate of drug-likeness (QED) is 0.220. The van der Waals surface area contributed by atoms with Crippen LogP contribution in [0.1, 0.15) is 64.7 Å². The zero-order chi connectivity index (χ0) is 17.8. The minimum absolute atomic E-state index is 0.216. The Bertz CT molecular complexity index is 416. The van der Waals surface area contributed by atoms with Gasteiger partial charge in [0.2, 0.25) is 0 Å². The van der Waals surface area contributed by atoms with Crippen LogP contribution >= 0.6 is 0 Å². The molecule has 1 unspecified atom stereocenters. The molecule has 5 heteroatoms. The van der Waals surface area contributed by atoms with E-state index in [-0.39, 0.29) is 12.6 Å². The van der Waals surface area contributed by atoms with Crippen LogP contribution in [0.4, 0.5) is 0 Å². The van der Waals surface area contributed by atoms with Gasteiger partial charge in [0.05, 0.1) is 18.3 Å². The molecule has 1 saturated heterocycles. The maximum Gasteiger partial charge on any atom is 0.336 e. The summed E-state index contributed by atoms with van der Waals surface area (Å²) in [5, 5.41) is 27.6. The number of aliphatic hydroxyl groups excluding tert-OH is 3. The van der Waals surface area contributed by atoms with E-state index >= 15 is 0 Å². The fourth-order valence-corrected chi connectivity index (χ4v) is 2.74. The second-order valence-electron chi connectivity index (χ2n) is 6.45. The van der Waals surface area contributed by atoms with Gasteiger partial charge in [0.1, 0.15) is 12.2 Å². The fourth-order valence-electron chi connectivity index (χ4n) is 2.74. The maximum absolute atomic E-state index is 11.5. The molecular formula is C19H32O5. The van der Waals surface area contributed by atoms with Gasteiger partial charge in [-0.05, 0) is 32.6 Å². The number of carbonyl (C=O) groups is 1. The smallest absolute Gasteiger partial charge is 0.336 e.